The summed E-state index contributed by atoms with van der Waals surface area (Å²) in [6.07, 6.45) is 10.5. The second kappa shape index (κ2) is 5.65. The van der Waals surface area contributed by atoms with Crippen LogP contribution in [0.3, 0.4) is 0 Å². The Morgan fingerprint density at radius 2 is 1.95 bits per heavy atom. The summed E-state index contributed by atoms with van der Waals surface area (Å²) in [4.78, 5) is 20.2. The molecule has 102 valence electrons. The smallest absolute Gasteiger partial charge is 0.243 e. The fraction of sp³-hybridized carbons (Fsp3) is 0.643. The summed E-state index contributed by atoms with van der Waals surface area (Å²) in [5.41, 5.74) is 0. The second-order valence-electron chi connectivity index (χ2n) is 5.51. The van der Waals surface area contributed by atoms with Crippen LogP contribution in [0.25, 0.3) is 0 Å². The maximum atomic E-state index is 12.2. The molecule has 1 aliphatic heterocycles. The summed E-state index contributed by atoms with van der Waals surface area (Å²) in [5, 5.41) is 6.29. The Hall–Kier alpha value is -1.49. The van der Waals surface area contributed by atoms with E-state index in [-0.39, 0.29) is 11.9 Å². The van der Waals surface area contributed by atoms with Crippen LogP contribution in [0.1, 0.15) is 38.5 Å². The molecule has 0 spiro atoms. The average Bonchev–Trinajstić information content (AvgIpc) is 2.48. The van der Waals surface area contributed by atoms with E-state index in [2.05, 4.69) is 20.6 Å². The molecule has 2 N–H and O–H groups in total. The van der Waals surface area contributed by atoms with E-state index in [1.165, 1.54) is 25.7 Å². The third-order valence-corrected chi connectivity index (χ3v) is 4.27. The SMILES string of the molecule is O=C(Nc1ncccn1)C1CCC2CCCCC2N1. The van der Waals surface area contributed by atoms with Gasteiger partial charge in [-0.25, -0.2) is 9.97 Å². The van der Waals surface area contributed by atoms with Gasteiger partial charge in [-0.1, -0.05) is 12.8 Å². The Balaban J connectivity index is 1.59. The van der Waals surface area contributed by atoms with Crippen molar-refractivity contribution < 1.29 is 4.79 Å². The molecule has 2 fully saturated rings. The van der Waals surface area contributed by atoms with Gasteiger partial charge in [0.15, 0.2) is 0 Å². The van der Waals surface area contributed by atoms with E-state index in [4.69, 9.17) is 0 Å². The Kier molecular flexibility index (Phi) is 3.73. The number of carbonyl (C=O) groups excluding carboxylic acids is 1. The third kappa shape index (κ3) is 2.92. The summed E-state index contributed by atoms with van der Waals surface area (Å²) >= 11 is 0. The Morgan fingerprint density at radius 1 is 1.16 bits per heavy atom. The van der Waals surface area contributed by atoms with Crippen molar-refractivity contribution in [2.45, 2.75) is 50.6 Å². The molecule has 5 heteroatoms. The van der Waals surface area contributed by atoms with Gasteiger partial charge in [0.1, 0.15) is 0 Å². The van der Waals surface area contributed by atoms with Gasteiger partial charge in [0, 0.05) is 18.4 Å². The summed E-state index contributed by atoms with van der Waals surface area (Å²) in [7, 11) is 0. The standard InChI is InChI=1S/C14H20N4O/c19-13(18-14-15-8-3-9-16-14)12-7-6-10-4-1-2-5-11(10)17-12/h3,8-12,17H,1-2,4-7H2,(H,15,16,18,19). The summed E-state index contributed by atoms with van der Waals surface area (Å²) in [6, 6.07) is 2.17. The molecule has 19 heavy (non-hydrogen) atoms. The van der Waals surface area contributed by atoms with Crippen molar-refractivity contribution >= 4 is 11.9 Å². The van der Waals surface area contributed by atoms with Gasteiger partial charge >= 0.3 is 0 Å². The number of rotatable bonds is 2. The molecular formula is C14H20N4O. The fourth-order valence-electron chi connectivity index (χ4n) is 3.26. The van der Waals surface area contributed by atoms with Crippen molar-refractivity contribution in [1.29, 1.82) is 0 Å². The van der Waals surface area contributed by atoms with Crippen molar-refractivity contribution in [3.8, 4) is 0 Å². The van der Waals surface area contributed by atoms with Gasteiger partial charge in [0.25, 0.3) is 0 Å². The summed E-state index contributed by atoms with van der Waals surface area (Å²) < 4.78 is 0. The molecule has 3 rings (SSSR count). The van der Waals surface area contributed by atoms with E-state index in [0.717, 1.165) is 18.8 Å². The number of hydrogen-bond acceptors (Lipinski definition) is 4. The lowest BCUT2D eigenvalue weighted by Gasteiger charge is -2.39. The lowest BCUT2D eigenvalue weighted by atomic mass is 9.77. The van der Waals surface area contributed by atoms with Crippen molar-refractivity contribution in [2.24, 2.45) is 5.92 Å². The second-order valence-corrected chi connectivity index (χ2v) is 5.51. The molecule has 1 aromatic heterocycles. The van der Waals surface area contributed by atoms with Gasteiger partial charge < -0.3 is 5.32 Å². The zero-order valence-electron chi connectivity index (χ0n) is 11.0. The number of fused-ring (bicyclic) bond motifs is 1. The number of amides is 1. The highest BCUT2D eigenvalue weighted by molar-refractivity contribution is 5.93. The van der Waals surface area contributed by atoms with Gasteiger partial charge in [-0.05, 0) is 37.7 Å². The van der Waals surface area contributed by atoms with Gasteiger partial charge in [-0.3, -0.25) is 10.1 Å². The summed E-state index contributed by atoms with van der Waals surface area (Å²) in [5.74, 6) is 1.15. The van der Waals surface area contributed by atoms with E-state index in [9.17, 15) is 4.79 Å². The van der Waals surface area contributed by atoms with Crippen LogP contribution in [-0.2, 0) is 4.79 Å². The topological polar surface area (TPSA) is 66.9 Å². The van der Waals surface area contributed by atoms with Crippen molar-refractivity contribution in [1.82, 2.24) is 15.3 Å². The van der Waals surface area contributed by atoms with Crippen molar-refractivity contribution in [3.05, 3.63) is 18.5 Å². The Bertz CT molecular complexity index is 436. The molecule has 1 saturated heterocycles. The summed E-state index contributed by atoms with van der Waals surface area (Å²) in [6.45, 7) is 0. The molecule has 2 aliphatic rings. The maximum Gasteiger partial charge on any atom is 0.243 e. The zero-order valence-corrected chi connectivity index (χ0v) is 11.0. The van der Waals surface area contributed by atoms with Crippen LogP contribution in [0.4, 0.5) is 5.95 Å². The van der Waals surface area contributed by atoms with Crippen molar-refractivity contribution in [2.75, 3.05) is 5.32 Å². The van der Waals surface area contributed by atoms with E-state index < -0.39 is 0 Å². The molecule has 1 aliphatic carbocycles. The van der Waals surface area contributed by atoms with E-state index >= 15 is 0 Å². The van der Waals surface area contributed by atoms with Crippen LogP contribution in [0, 0.1) is 5.92 Å². The van der Waals surface area contributed by atoms with Gasteiger partial charge in [0.05, 0.1) is 6.04 Å². The molecule has 1 amide bonds. The molecule has 3 unspecified atom stereocenters. The van der Waals surface area contributed by atoms with E-state index in [0.29, 0.717) is 12.0 Å². The minimum atomic E-state index is -0.0943. The van der Waals surface area contributed by atoms with Crippen LogP contribution in [0.15, 0.2) is 18.5 Å². The highest BCUT2D eigenvalue weighted by Crippen LogP contribution is 2.32. The first kappa shape index (κ1) is 12.5. The highest BCUT2D eigenvalue weighted by Gasteiger charge is 2.34. The first-order chi connectivity index (χ1) is 9.33. The normalized spacial score (nSPS) is 30.4. The molecule has 2 heterocycles. The number of hydrogen-bond donors (Lipinski definition) is 2. The van der Waals surface area contributed by atoms with Crippen LogP contribution in [0.2, 0.25) is 0 Å². The minimum Gasteiger partial charge on any atom is -0.303 e. The predicted octanol–water partition coefficient (Wildman–Crippen LogP) is 1.73. The number of anilines is 1. The molecular weight excluding hydrogens is 240 g/mol. The molecule has 5 nitrogen and oxygen atoms in total. The molecule has 3 atom stereocenters. The Labute approximate surface area is 113 Å². The lowest BCUT2D eigenvalue weighted by Crippen LogP contribution is -2.53. The van der Waals surface area contributed by atoms with Crippen molar-refractivity contribution in [3.63, 3.8) is 0 Å². The van der Waals surface area contributed by atoms with Crippen LogP contribution in [0.5, 0.6) is 0 Å². The molecule has 1 saturated carbocycles. The average molecular weight is 260 g/mol. The monoisotopic (exact) mass is 260 g/mol. The first-order valence-electron chi connectivity index (χ1n) is 7.17. The number of carbonyl (C=O) groups is 1. The maximum absolute atomic E-state index is 12.2. The fourth-order valence-corrected chi connectivity index (χ4v) is 3.26. The zero-order chi connectivity index (χ0) is 13.1. The largest absolute Gasteiger partial charge is 0.303 e. The highest BCUT2D eigenvalue weighted by atomic mass is 16.2. The van der Waals surface area contributed by atoms with Gasteiger partial charge in [0.2, 0.25) is 11.9 Å². The molecule has 0 radical (unpaired) electrons. The van der Waals surface area contributed by atoms with Gasteiger partial charge in [-0.15, -0.1) is 0 Å². The third-order valence-electron chi connectivity index (χ3n) is 4.27. The first-order valence-corrected chi connectivity index (χ1v) is 7.17. The molecule has 0 bridgehead atoms. The quantitative estimate of drug-likeness (QED) is 0.849. The number of nitrogens with zero attached hydrogens (tertiary/aromatic N) is 2. The van der Waals surface area contributed by atoms with Crippen LogP contribution < -0.4 is 10.6 Å². The number of aromatic nitrogens is 2. The molecule has 1 aromatic rings. The lowest BCUT2D eigenvalue weighted by molar-refractivity contribution is -0.119. The minimum absolute atomic E-state index is 0.00442. The van der Waals surface area contributed by atoms with E-state index in [1.54, 1.807) is 18.5 Å². The Morgan fingerprint density at radius 3 is 2.79 bits per heavy atom. The number of nitrogens with one attached hydrogen (secondary N) is 2. The number of piperidine rings is 1. The van der Waals surface area contributed by atoms with E-state index in [1.807, 2.05) is 0 Å². The predicted molar refractivity (Wildman–Crippen MR) is 72.6 cm³/mol. The van der Waals surface area contributed by atoms with Crippen LogP contribution in [-0.4, -0.2) is 28.0 Å². The van der Waals surface area contributed by atoms with Crippen LogP contribution >= 0.6 is 0 Å². The molecule has 0 aromatic carbocycles. The van der Waals surface area contributed by atoms with Gasteiger partial charge in [-0.2, -0.15) is 0 Å².